The molecule has 33 heavy (non-hydrogen) atoms. The molecule has 0 spiro atoms. The maximum atomic E-state index is 13.2. The van der Waals surface area contributed by atoms with E-state index in [0.29, 0.717) is 45.7 Å². The summed E-state index contributed by atoms with van der Waals surface area (Å²) >= 11 is 2.78. The third-order valence-corrected chi connectivity index (χ3v) is 7.76. The molecule has 8 nitrogen and oxygen atoms in total. The van der Waals surface area contributed by atoms with Crippen LogP contribution in [0.25, 0.3) is 16.0 Å². The van der Waals surface area contributed by atoms with Crippen molar-refractivity contribution >= 4 is 39.1 Å². The van der Waals surface area contributed by atoms with E-state index in [1.165, 1.54) is 23.1 Å². The number of carbonyl (C=O) groups excluding carboxylic acids is 1. The Kier molecular flexibility index (Phi) is 6.60. The van der Waals surface area contributed by atoms with E-state index < -0.39 is 0 Å². The van der Waals surface area contributed by atoms with Crippen molar-refractivity contribution in [2.75, 3.05) is 19.5 Å². The first kappa shape index (κ1) is 23.5. The minimum atomic E-state index is -0.0894. The van der Waals surface area contributed by atoms with Gasteiger partial charge in [-0.05, 0) is 46.2 Å². The Morgan fingerprint density at radius 2 is 1.97 bits per heavy atom. The van der Waals surface area contributed by atoms with E-state index in [4.69, 9.17) is 14.2 Å². The summed E-state index contributed by atoms with van der Waals surface area (Å²) in [4.78, 5) is 32.9. The molecule has 4 rings (SSSR count). The Morgan fingerprint density at radius 3 is 2.64 bits per heavy atom. The normalized spacial score (nSPS) is 11.6. The number of Topliss-reactive ketones (excluding diaryl/α,β-unsaturated/α-hetero) is 1. The van der Waals surface area contributed by atoms with Crippen LogP contribution in [-0.2, 0) is 11.3 Å². The number of aryl methyl sites for hydroxylation is 4. The van der Waals surface area contributed by atoms with Crippen LogP contribution < -0.4 is 5.56 Å². The lowest BCUT2D eigenvalue weighted by Gasteiger charge is -2.11. The predicted molar refractivity (Wildman–Crippen MR) is 130 cm³/mol. The molecule has 0 saturated heterocycles. The largest absolute Gasteiger partial charge is 0.383 e. The molecule has 0 aliphatic carbocycles. The van der Waals surface area contributed by atoms with Gasteiger partial charge in [-0.3, -0.25) is 18.7 Å². The molecule has 0 aromatic carbocycles. The van der Waals surface area contributed by atoms with Gasteiger partial charge in [0.05, 0.1) is 24.3 Å². The van der Waals surface area contributed by atoms with E-state index in [-0.39, 0.29) is 17.1 Å². The number of hydrogen-bond acceptors (Lipinski definition) is 8. The number of nitrogens with zero attached hydrogens (tertiary/aromatic N) is 4. The number of ether oxygens (including phenoxy) is 1. The van der Waals surface area contributed by atoms with Crippen molar-refractivity contribution in [3.05, 3.63) is 55.6 Å². The number of aromatic nitrogens is 4. The molecule has 0 bridgehead atoms. The first-order valence-corrected chi connectivity index (χ1v) is 12.3. The highest BCUT2D eigenvalue weighted by Gasteiger charge is 2.21. The van der Waals surface area contributed by atoms with Gasteiger partial charge in [0.2, 0.25) is 0 Å². The SMILES string of the molecule is COCCn1c(SCC(=O)c2cc(C)n(-c3cc(C)on3)c2C)nc2sc(C)c(C)c2c1=O. The zero-order valence-electron chi connectivity index (χ0n) is 19.5. The van der Waals surface area contributed by atoms with Gasteiger partial charge < -0.3 is 9.26 Å². The van der Waals surface area contributed by atoms with Gasteiger partial charge in [-0.25, -0.2) is 4.98 Å². The number of thiophene rings is 1. The molecule has 0 unspecified atom stereocenters. The maximum Gasteiger partial charge on any atom is 0.263 e. The van der Waals surface area contributed by atoms with Crippen molar-refractivity contribution in [2.45, 2.75) is 46.3 Å². The highest BCUT2D eigenvalue weighted by Crippen LogP contribution is 2.29. The van der Waals surface area contributed by atoms with Crippen molar-refractivity contribution in [3.63, 3.8) is 0 Å². The zero-order valence-corrected chi connectivity index (χ0v) is 21.1. The number of rotatable bonds is 8. The maximum absolute atomic E-state index is 13.2. The summed E-state index contributed by atoms with van der Waals surface area (Å²) in [6, 6.07) is 3.70. The summed E-state index contributed by atoms with van der Waals surface area (Å²) in [7, 11) is 1.60. The van der Waals surface area contributed by atoms with Gasteiger partial charge in [0.15, 0.2) is 16.8 Å². The van der Waals surface area contributed by atoms with Crippen LogP contribution in [0.2, 0.25) is 0 Å². The quantitative estimate of drug-likeness (QED) is 0.207. The second-order valence-corrected chi connectivity index (χ2v) is 10.1. The van der Waals surface area contributed by atoms with Crippen molar-refractivity contribution in [1.29, 1.82) is 0 Å². The van der Waals surface area contributed by atoms with E-state index in [1.807, 2.05) is 51.3 Å². The smallest absolute Gasteiger partial charge is 0.263 e. The van der Waals surface area contributed by atoms with Crippen molar-refractivity contribution in [1.82, 2.24) is 19.3 Å². The molecular formula is C23H26N4O4S2. The van der Waals surface area contributed by atoms with E-state index >= 15 is 0 Å². The van der Waals surface area contributed by atoms with Gasteiger partial charge in [0, 0.05) is 35.0 Å². The molecule has 4 heterocycles. The summed E-state index contributed by atoms with van der Waals surface area (Å²) < 4.78 is 13.9. The molecule has 0 radical (unpaired) electrons. The van der Waals surface area contributed by atoms with Crippen molar-refractivity contribution in [2.24, 2.45) is 0 Å². The van der Waals surface area contributed by atoms with Gasteiger partial charge in [0.25, 0.3) is 5.56 Å². The Labute approximate surface area is 199 Å². The minimum absolute atomic E-state index is 0.0363. The van der Waals surface area contributed by atoms with Crippen LogP contribution in [0.5, 0.6) is 0 Å². The van der Waals surface area contributed by atoms with Gasteiger partial charge >= 0.3 is 0 Å². The average molecular weight is 487 g/mol. The molecule has 0 N–H and O–H groups in total. The van der Waals surface area contributed by atoms with E-state index in [0.717, 1.165) is 21.8 Å². The Balaban J connectivity index is 1.65. The summed E-state index contributed by atoms with van der Waals surface area (Å²) in [5.74, 6) is 1.48. The fourth-order valence-corrected chi connectivity index (χ4v) is 5.84. The molecular weight excluding hydrogens is 460 g/mol. The molecule has 174 valence electrons. The third kappa shape index (κ3) is 4.30. The highest BCUT2D eigenvalue weighted by atomic mass is 32.2. The standard InChI is InChI=1S/C23H26N4O4S2/c1-12-9-17(15(4)27(12)19-10-13(2)31-25-19)18(28)11-32-23-24-21-20(14(3)16(5)33-21)22(29)26(23)7-8-30-6/h9-10H,7-8,11H2,1-6H3. The number of fused-ring (bicyclic) bond motifs is 1. The summed E-state index contributed by atoms with van der Waals surface area (Å²) in [6.07, 6.45) is 0. The molecule has 4 aromatic heterocycles. The van der Waals surface area contributed by atoms with Gasteiger partial charge in [-0.1, -0.05) is 16.9 Å². The predicted octanol–water partition coefficient (Wildman–Crippen LogP) is 4.40. The van der Waals surface area contributed by atoms with Crippen LogP contribution in [-0.4, -0.2) is 44.5 Å². The fraction of sp³-hybridized carbons (Fsp3) is 0.391. The van der Waals surface area contributed by atoms with Crippen LogP contribution >= 0.6 is 23.1 Å². The topological polar surface area (TPSA) is 92.2 Å². The van der Waals surface area contributed by atoms with Crippen LogP contribution in [0.4, 0.5) is 0 Å². The van der Waals surface area contributed by atoms with Gasteiger partial charge in [0.1, 0.15) is 10.6 Å². The molecule has 4 aromatic rings. The number of methoxy groups -OCH3 is 1. The fourth-order valence-electron chi connectivity index (χ4n) is 3.86. The lowest BCUT2D eigenvalue weighted by molar-refractivity contribution is 0.102. The lowest BCUT2D eigenvalue weighted by Crippen LogP contribution is -2.25. The first-order chi connectivity index (χ1) is 15.7. The highest BCUT2D eigenvalue weighted by molar-refractivity contribution is 7.99. The number of ketones is 1. The average Bonchev–Trinajstić information content (AvgIpc) is 3.41. The Hall–Kier alpha value is -2.69. The van der Waals surface area contributed by atoms with Gasteiger partial charge in [-0.15, -0.1) is 11.3 Å². The molecule has 0 fully saturated rings. The second-order valence-electron chi connectivity index (χ2n) is 7.94. The first-order valence-electron chi connectivity index (χ1n) is 10.5. The third-order valence-electron chi connectivity index (χ3n) is 5.68. The summed E-state index contributed by atoms with van der Waals surface area (Å²) in [5, 5.41) is 5.25. The number of hydrogen-bond donors (Lipinski definition) is 0. The number of carbonyl (C=O) groups is 1. The van der Waals surface area contributed by atoms with Gasteiger partial charge in [-0.2, -0.15) is 0 Å². The van der Waals surface area contributed by atoms with Crippen LogP contribution in [0, 0.1) is 34.6 Å². The molecule has 0 aliphatic heterocycles. The lowest BCUT2D eigenvalue weighted by atomic mass is 10.2. The van der Waals surface area contributed by atoms with Crippen molar-refractivity contribution < 1.29 is 14.1 Å². The zero-order chi connectivity index (χ0) is 23.9. The Morgan fingerprint density at radius 1 is 1.21 bits per heavy atom. The molecule has 0 aliphatic rings. The molecule has 10 heteroatoms. The van der Waals surface area contributed by atoms with Crippen LogP contribution in [0.3, 0.4) is 0 Å². The van der Waals surface area contributed by atoms with Crippen LogP contribution in [0.15, 0.2) is 26.6 Å². The van der Waals surface area contributed by atoms with Crippen LogP contribution in [0.1, 0.15) is 37.9 Å². The Bertz CT molecular complexity index is 1410. The van der Waals surface area contributed by atoms with E-state index in [2.05, 4.69) is 5.16 Å². The molecule has 0 amide bonds. The minimum Gasteiger partial charge on any atom is -0.383 e. The van der Waals surface area contributed by atoms with E-state index in [1.54, 1.807) is 11.7 Å². The second kappa shape index (κ2) is 9.28. The van der Waals surface area contributed by atoms with E-state index in [9.17, 15) is 9.59 Å². The van der Waals surface area contributed by atoms with Crippen molar-refractivity contribution in [3.8, 4) is 5.82 Å². The summed E-state index contributed by atoms with van der Waals surface area (Å²) in [5.41, 5.74) is 3.19. The summed E-state index contributed by atoms with van der Waals surface area (Å²) in [6.45, 7) is 10.4. The number of thioether (sulfide) groups is 1. The monoisotopic (exact) mass is 486 g/mol. The molecule has 0 atom stereocenters. The molecule has 0 saturated carbocycles.